The summed E-state index contributed by atoms with van der Waals surface area (Å²) < 4.78 is 5.26. The predicted octanol–water partition coefficient (Wildman–Crippen LogP) is 2.83. The average molecular weight is 306 g/mol. The Labute approximate surface area is 127 Å². The van der Waals surface area contributed by atoms with Crippen LogP contribution in [0.2, 0.25) is 0 Å². The molecule has 3 rings (SSSR count). The Hall–Kier alpha value is -1.66. The van der Waals surface area contributed by atoms with Crippen molar-refractivity contribution in [2.75, 3.05) is 6.54 Å². The number of thiazole rings is 1. The zero-order valence-corrected chi connectivity index (χ0v) is 12.5. The number of aromatic nitrogens is 1. The highest BCUT2D eigenvalue weighted by Crippen LogP contribution is 2.27. The first-order valence-electron chi connectivity index (χ1n) is 7.16. The van der Waals surface area contributed by atoms with Crippen LogP contribution in [0, 0.1) is 0 Å². The third kappa shape index (κ3) is 3.33. The van der Waals surface area contributed by atoms with Crippen molar-refractivity contribution in [1.29, 1.82) is 0 Å². The van der Waals surface area contributed by atoms with Crippen LogP contribution in [-0.2, 0) is 0 Å². The minimum absolute atomic E-state index is 0.247. The van der Waals surface area contributed by atoms with Crippen molar-refractivity contribution in [2.24, 2.45) is 0 Å². The standard InChI is InChI=1S/C15H18N2O3S/c18-13(16-10-15(19)6-2-1-3-7-15)11-9-21-14(17-11)12-5-4-8-20-12/h4-5,8-9,19H,1-3,6-7,10H2,(H,16,18). The maximum absolute atomic E-state index is 12.1. The van der Waals surface area contributed by atoms with E-state index in [0.717, 1.165) is 32.1 Å². The molecule has 2 N–H and O–H groups in total. The normalized spacial score (nSPS) is 17.6. The van der Waals surface area contributed by atoms with Crippen LogP contribution >= 0.6 is 11.3 Å². The van der Waals surface area contributed by atoms with Gasteiger partial charge in [-0.3, -0.25) is 4.79 Å². The molecule has 0 aliphatic heterocycles. The average Bonchev–Trinajstić information content (AvgIpc) is 3.16. The number of hydrogen-bond donors (Lipinski definition) is 2. The van der Waals surface area contributed by atoms with E-state index in [1.807, 2.05) is 6.07 Å². The van der Waals surface area contributed by atoms with Crippen LogP contribution in [0.3, 0.4) is 0 Å². The van der Waals surface area contributed by atoms with E-state index in [-0.39, 0.29) is 5.91 Å². The Balaban J connectivity index is 1.61. The smallest absolute Gasteiger partial charge is 0.270 e. The minimum atomic E-state index is -0.756. The number of nitrogens with one attached hydrogen (secondary N) is 1. The molecule has 0 aromatic carbocycles. The number of hydrogen-bond acceptors (Lipinski definition) is 5. The second kappa shape index (κ2) is 5.99. The number of aliphatic hydroxyl groups is 1. The van der Waals surface area contributed by atoms with Crippen molar-refractivity contribution >= 4 is 17.2 Å². The van der Waals surface area contributed by atoms with Crippen molar-refractivity contribution in [3.8, 4) is 10.8 Å². The van der Waals surface area contributed by atoms with Crippen LogP contribution in [0.1, 0.15) is 42.6 Å². The monoisotopic (exact) mass is 306 g/mol. The Morgan fingerprint density at radius 3 is 2.95 bits per heavy atom. The van der Waals surface area contributed by atoms with Gasteiger partial charge in [-0.2, -0.15) is 0 Å². The summed E-state index contributed by atoms with van der Waals surface area (Å²) >= 11 is 1.37. The predicted molar refractivity (Wildman–Crippen MR) is 80.2 cm³/mol. The zero-order valence-electron chi connectivity index (χ0n) is 11.7. The van der Waals surface area contributed by atoms with Gasteiger partial charge in [-0.15, -0.1) is 11.3 Å². The number of carbonyl (C=O) groups excluding carboxylic acids is 1. The zero-order chi connectivity index (χ0) is 14.7. The Morgan fingerprint density at radius 2 is 2.24 bits per heavy atom. The Kier molecular flexibility index (Phi) is 4.07. The number of carbonyl (C=O) groups is 1. The van der Waals surface area contributed by atoms with E-state index in [2.05, 4.69) is 10.3 Å². The molecule has 0 radical (unpaired) electrons. The molecule has 112 valence electrons. The molecular weight excluding hydrogens is 288 g/mol. The van der Waals surface area contributed by atoms with E-state index in [4.69, 9.17) is 4.42 Å². The fraction of sp³-hybridized carbons (Fsp3) is 0.467. The highest BCUT2D eigenvalue weighted by molar-refractivity contribution is 7.13. The summed E-state index contributed by atoms with van der Waals surface area (Å²) in [7, 11) is 0. The molecule has 2 aromatic heterocycles. The maximum atomic E-state index is 12.1. The lowest BCUT2D eigenvalue weighted by Crippen LogP contribution is -2.44. The van der Waals surface area contributed by atoms with Crippen LogP contribution in [0.25, 0.3) is 10.8 Å². The molecule has 1 fully saturated rings. The summed E-state index contributed by atoms with van der Waals surface area (Å²) in [4.78, 5) is 16.4. The Morgan fingerprint density at radius 1 is 1.43 bits per heavy atom. The fourth-order valence-corrected chi connectivity index (χ4v) is 3.38. The molecule has 0 saturated heterocycles. The number of rotatable bonds is 4. The summed E-state index contributed by atoms with van der Waals surface area (Å²) in [6.45, 7) is 0.291. The van der Waals surface area contributed by atoms with Gasteiger partial charge in [-0.25, -0.2) is 4.98 Å². The molecule has 1 aliphatic rings. The van der Waals surface area contributed by atoms with Crippen molar-refractivity contribution in [2.45, 2.75) is 37.7 Å². The molecule has 0 spiro atoms. The van der Waals surface area contributed by atoms with Crippen LogP contribution in [0.5, 0.6) is 0 Å². The molecule has 1 amide bonds. The lowest BCUT2D eigenvalue weighted by Gasteiger charge is -2.31. The van der Waals surface area contributed by atoms with Crippen LogP contribution in [-0.4, -0.2) is 28.1 Å². The molecule has 21 heavy (non-hydrogen) atoms. The second-order valence-corrected chi connectivity index (χ2v) is 6.34. The summed E-state index contributed by atoms with van der Waals surface area (Å²) in [5.41, 5.74) is -0.390. The van der Waals surface area contributed by atoms with E-state index in [1.54, 1.807) is 17.7 Å². The van der Waals surface area contributed by atoms with Gasteiger partial charge in [0.2, 0.25) is 0 Å². The van der Waals surface area contributed by atoms with Gasteiger partial charge in [0.15, 0.2) is 10.8 Å². The molecular formula is C15H18N2O3S. The van der Waals surface area contributed by atoms with Crippen molar-refractivity contribution in [3.05, 3.63) is 29.5 Å². The highest BCUT2D eigenvalue weighted by Gasteiger charge is 2.29. The van der Waals surface area contributed by atoms with Crippen molar-refractivity contribution < 1.29 is 14.3 Å². The molecule has 0 unspecified atom stereocenters. The molecule has 2 heterocycles. The summed E-state index contributed by atoms with van der Waals surface area (Å²) in [6, 6.07) is 3.60. The fourth-order valence-electron chi connectivity index (χ4n) is 2.61. The van der Waals surface area contributed by atoms with Crippen molar-refractivity contribution in [3.63, 3.8) is 0 Å². The third-order valence-electron chi connectivity index (χ3n) is 3.83. The van der Waals surface area contributed by atoms with Gasteiger partial charge in [0, 0.05) is 11.9 Å². The van der Waals surface area contributed by atoms with Crippen LogP contribution < -0.4 is 5.32 Å². The summed E-state index contributed by atoms with van der Waals surface area (Å²) in [5.74, 6) is 0.410. The molecule has 6 heteroatoms. The molecule has 2 aromatic rings. The van der Waals surface area contributed by atoms with Gasteiger partial charge in [0.25, 0.3) is 5.91 Å². The molecule has 1 aliphatic carbocycles. The largest absolute Gasteiger partial charge is 0.462 e. The second-order valence-electron chi connectivity index (χ2n) is 5.48. The number of amides is 1. The minimum Gasteiger partial charge on any atom is -0.462 e. The van der Waals surface area contributed by atoms with E-state index < -0.39 is 5.60 Å². The Bertz CT molecular complexity index is 600. The first-order chi connectivity index (χ1) is 10.2. The van der Waals surface area contributed by atoms with Gasteiger partial charge >= 0.3 is 0 Å². The lowest BCUT2D eigenvalue weighted by molar-refractivity contribution is 0.00522. The van der Waals surface area contributed by atoms with Gasteiger partial charge in [0.1, 0.15) is 5.69 Å². The van der Waals surface area contributed by atoms with E-state index in [1.165, 1.54) is 11.3 Å². The van der Waals surface area contributed by atoms with Gasteiger partial charge in [-0.05, 0) is 25.0 Å². The highest BCUT2D eigenvalue weighted by atomic mass is 32.1. The van der Waals surface area contributed by atoms with Crippen molar-refractivity contribution in [1.82, 2.24) is 10.3 Å². The van der Waals surface area contributed by atoms with Gasteiger partial charge in [0.05, 0.1) is 11.9 Å². The van der Waals surface area contributed by atoms with Crippen LogP contribution in [0.4, 0.5) is 0 Å². The third-order valence-corrected chi connectivity index (χ3v) is 4.69. The molecule has 5 nitrogen and oxygen atoms in total. The van der Waals surface area contributed by atoms with E-state index >= 15 is 0 Å². The van der Waals surface area contributed by atoms with E-state index in [9.17, 15) is 9.90 Å². The van der Waals surface area contributed by atoms with Gasteiger partial charge < -0.3 is 14.8 Å². The lowest BCUT2D eigenvalue weighted by atomic mass is 9.85. The van der Waals surface area contributed by atoms with Gasteiger partial charge in [-0.1, -0.05) is 19.3 Å². The number of furan rings is 1. The first kappa shape index (κ1) is 14.3. The maximum Gasteiger partial charge on any atom is 0.270 e. The van der Waals surface area contributed by atoms with Crippen LogP contribution in [0.15, 0.2) is 28.2 Å². The molecule has 0 atom stereocenters. The SMILES string of the molecule is O=C(NCC1(O)CCCCC1)c1csc(-c2ccco2)n1. The van der Waals surface area contributed by atoms with E-state index in [0.29, 0.717) is 23.0 Å². The molecule has 0 bridgehead atoms. The first-order valence-corrected chi connectivity index (χ1v) is 8.04. The topological polar surface area (TPSA) is 75.4 Å². The quantitative estimate of drug-likeness (QED) is 0.910. The molecule has 1 saturated carbocycles. The number of nitrogens with zero attached hydrogens (tertiary/aromatic N) is 1. The summed E-state index contributed by atoms with van der Waals surface area (Å²) in [6.07, 6.45) is 6.28. The summed E-state index contributed by atoms with van der Waals surface area (Å²) in [5, 5.41) is 15.6.